The minimum atomic E-state index is -1.30. The summed E-state index contributed by atoms with van der Waals surface area (Å²) in [5, 5.41) is 9.60. The highest BCUT2D eigenvalue weighted by Gasteiger charge is 2.34. The number of anilines is 1. The Hall–Kier alpha value is -2.44. The summed E-state index contributed by atoms with van der Waals surface area (Å²) in [6.45, 7) is 5.55. The van der Waals surface area contributed by atoms with E-state index in [1.54, 1.807) is 6.07 Å². The highest BCUT2D eigenvalue weighted by molar-refractivity contribution is 6.30. The lowest BCUT2D eigenvalue weighted by Gasteiger charge is -2.37. The minimum Gasteiger partial charge on any atom is -0.492 e. The Balaban J connectivity index is 1.54. The minimum absolute atomic E-state index is 0.0558. The van der Waals surface area contributed by atoms with E-state index in [-0.39, 0.29) is 5.41 Å². The van der Waals surface area contributed by atoms with Gasteiger partial charge in [0.05, 0.1) is 19.8 Å². The van der Waals surface area contributed by atoms with Gasteiger partial charge in [0, 0.05) is 40.3 Å². The van der Waals surface area contributed by atoms with Gasteiger partial charge in [-0.15, -0.1) is 0 Å². The van der Waals surface area contributed by atoms with Gasteiger partial charge in [-0.05, 0) is 36.8 Å². The lowest BCUT2D eigenvalue weighted by atomic mass is 9.90. The Morgan fingerprint density at radius 3 is 2.82 bits per heavy atom. The van der Waals surface area contributed by atoms with Crippen LogP contribution in [-0.2, 0) is 17.7 Å². The Kier molecular flexibility index (Phi) is 5.08. The van der Waals surface area contributed by atoms with E-state index in [4.69, 9.17) is 30.9 Å². The second-order valence-electron chi connectivity index (χ2n) is 7.64. The Bertz CT molecular complexity index is 896. The van der Waals surface area contributed by atoms with Gasteiger partial charge in [-0.3, -0.25) is 0 Å². The predicted octanol–water partition coefficient (Wildman–Crippen LogP) is 4.37. The molecule has 28 heavy (non-hydrogen) atoms. The number of fused-ring (bicyclic) bond motifs is 1. The molecule has 2 aliphatic heterocycles. The molecule has 6 nitrogen and oxygen atoms in total. The van der Waals surface area contributed by atoms with E-state index >= 15 is 0 Å². The number of rotatable bonds is 6. The van der Waals surface area contributed by atoms with E-state index in [0.29, 0.717) is 37.1 Å². The molecule has 0 aromatic heterocycles. The molecule has 0 radical (unpaired) electrons. The van der Waals surface area contributed by atoms with E-state index in [0.717, 1.165) is 35.5 Å². The first-order chi connectivity index (χ1) is 13.4. The standard InChI is InChI=1S/C21H22ClNO5/c1-21(11-26-12-21)13-27-18-6-5-15(22)9-14(18)10-23-8-7-16-17(23)3-2-4-19(16)28-20(24)25/h2-6,9H,7-8,10-13H2,1H3,(H,24,25). The van der Waals surface area contributed by atoms with Crippen molar-refractivity contribution in [1.29, 1.82) is 0 Å². The van der Waals surface area contributed by atoms with Gasteiger partial charge in [0.15, 0.2) is 0 Å². The zero-order valence-corrected chi connectivity index (χ0v) is 16.4. The van der Waals surface area contributed by atoms with Gasteiger partial charge in [-0.2, -0.15) is 0 Å². The van der Waals surface area contributed by atoms with Gasteiger partial charge >= 0.3 is 6.16 Å². The molecular weight excluding hydrogens is 382 g/mol. The van der Waals surface area contributed by atoms with E-state index < -0.39 is 6.16 Å². The monoisotopic (exact) mass is 403 g/mol. The average molecular weight is 404 g/mol. The van der Waals surface area contributed by atoms with Crippen LogP contribution in [0.5, 0.6) is 11.5 Å². The molecular formula is C21H22ClNO5. The van der Waals surface area contributed by atoms with Crippen LogP contribution in [0.15, 0.2) is 36.4 Å². The van der Waals surface area contributed by atoms with Crippen molar-refractivity contribution in [3.05, 3.63) is 52.5 Å². The van der Waals surface area contributed by atoms with Crippen molar-refractivity contribution in [2.24, 2.45) is 5.41 Å². The van der Waals surface area contributed by atoms with Gasteiger partial charge < -0.3 is 24.2 Å². The zero-order valence-electron chi connectivity index (χ0n) is 15.6. The van der Waals surface area contributed by atoms with Crippen molar-refractivity contribution in [2.45, 2.75) is 19.9 Å². The van der Waals surface area contributed by atoms with Crippen LogP contribution in [-0.4, -0.2) is 37.6 Å². The highest BCUT2D eigenvalue weighted by Crippen LogP contribution is 2.37. The number of carboxylic acid groups (broad SMARTS) is 1. The topological polar surface area (TPSA) is 68.2 Å². The first-order valence-electron chi connectivity index (χ1n) is 9.20. The number of nitrogens with zero attached hydrogens (tertiary/aromatic N) is 1. The Morgan fingerprint density at radius 2 is 2.11 bits per heavy atom. The molecule has 0 atom stereocenters. The van der Waals surface area contributed by atoms with Crippen molar-refractivity contribution in [3.63, 3.8) is 0 Å². The molecule has 1 N–H and O–H groups in total. The second-order valence-corrected chi connectivity index (χ2v) is 8.07. The van der Waals surface area contributed by atoms with E-state index in [2.05, 4.69) is 11.8 Å². The molecule has 0 saturated carbocycles. The fourth-order valence-corrected chi connectivity index (χ4v) is 3.82. The molecule has 2 heterocycles. The van der Waals surface area contributed by atoms with Gasteiger partial charge in [0.25, 0.3) is 0 Å². The first-order valence-corrected chi connectivity index (χ1v) is 9.58. The molecule has 0 aliphatic carbocycles. The maximum absolute atomic E-state index is 10.9. The van der Waals surface area contributed by atoms with Crippen molar-refractivity contribution in [3.8, 4) is 11.5 Å². The van der Waals surface area contributed by atoms with E-state index in [9.17, 15) is 4.79 Å². The molecule has 0 bridgehead atoms. The van der Waals surface area contributed by atoms with Crippen LogP contribution in [0.1, 0.15) is 18.1 Å². The first kappa shape index (κ1) is 18.9. The summed E-state index contributed by atoms with van der Waals surface area (Å²) >= 11 is 6.23. The van der Waals surface area contributed by atoms with Crippen molar-refractivity contribution in [2.75, 3.05) is 31.3 Å². The third-order valence-corrected chi connectivity index (χ3v) is 5.37. The summed E-state index contributed by atoms with van der Waals surface area (Å²) in [5.74, 6) is 1.21. The summed E-state index contributed by atoms with van der Waals surface area (Å²) < 4.78 is 16.3. The largest absolute Gasteiger partial charge is 0.511 e. The number of hydrogen-bond acceptors (Lipinski definition) is 5. The zero-order chi connectivity index (χ0) is 19.7. The van der Waals surface area contributed by atoms with Gasteiger partial charge in [-0.25, -0.2) is 4.79 Å². The average Bonchev–Trinajstić information content (AvgIpc) is 3.03. The molecule has 2 aliphatic rings. The third-order valence-electron chi connectivity index (χ3n) is 5.14. The quantitative estimate of drug-likeness (QED) is 0.570. The molecule has 2 aromatic rings. The number of hydrogen-bond donors (Lipinski definition) is 1. The SMILES string of the molecule is CC1(COc2ccc(Cl)cc2CN2CCc3c(OC(=O)O)cccc32)COC1. The molecule has 4 rings (SSSR count). The molecule has 148 valence electrons. The molecule has 0 unspecified atom stereocenters. The van der Waals surface area contributed by atoms with Crippen molar-refractivity contribution < 1.29 is 24.1 Å². The number of benzene rings is 2. The van der Waals surface area contributed by atoms with Crippen LogP contribution in [0.3, 0.4) is 0 Å². The van der Waals surface area contributed by atoms with Crippen LogP contribution in [0.25, 0.3) is 0 Å². The van der Waals surface area contributed by atoms with Crippen LogP contribution >= 0.6 is 11.6 Å². The Labute approximate surface area is 168 Å². The molecule has 1 saturated heterocycles. The fraction of sp³-hybridized carbons (Fsp3) is 0.381. The highest BCUT2D eigenvalue weighted by atomic mass is 35.5. The van der Waals surface area contributed by atoms with Crippen LogP contribution in [0.2, 0.25) is 5.02 Å². The number of carbonyl (C=O) groups is 1. The van der Waals surface area contributed by atoms with E-state index in [1.165, 1.54) is 0 Å². The van der Waals surface area contributed by atoms with Crippen LogP contribution in [0, 0.1) is 5.41 Å². The maximum Gasteiger partial charge on any atom is 0.511 e. The normalized spacial score (nSPS) is 17.0. The predicted molar refractivity (Wildman–Crippen MR) is 106 cm³/mol. The number of halogens is 1. The molecule has 1 fully saturated rings. The van der Waals surface area contributed by atoms with Crippen molar-refractivity contribution >= 4 is 23.4 Å². The third kappa shape index (κ3) is 3.88. The number of ether oxygens (including phenoxy) is 3. The van der Waals surface area contributed by atoms with Crippen LogP contribution in [0.4, 0.5) is 10.5 Å². The Morgan fingerprint density at radius 1 is 1.29 bits per heavy atom. The summed E-state index contributed by atoms with van der Waals surface area (Å²) in [7, 11) is 0. The van der Waals surface area contributed by atoms with E-state index in [1.807, 2.05) is 30.3 Å². The molecule has 2 aromatic carbocycles. The van der Waals surface area contributed by atoms with Gasteiger partial charge in [0.2, 0.25) is 0 Å². The molecule has 0 spiro atoms. The lowest BCUT2D eigenvalue weighted by Crippen LogP contribution is -2.44. The van der Waals surface area contributed by atoms with Gasteiger partial charge in [-0.1, -0.05) is 24.6 Å². The summed E-state index contributed by atoms with van der Waals surface area (Å²) in [4.78, 5) is 13.1. The second kappa shape index (κ2) is 7.53. The van der Waals surface area contributed by atoms with Crippen LogP contribution < -0.4 is 14.4 Å². The summed E-state index contributed by atoms with van der Waals surface area (Å²) in [5.41, 5.74) is 2.94. The lowest BCUT2D eigenvalue weighted by molar-refractivity contribution is -0.120. The fourth-order valence-electron chi connectivity index (χ4n) is 3.63. The summed E-state index contributed by atoms with van der Waals surface area (Å²) in [6.07, 6.45) is -0.573. The molecule has 7 heteroatoms. The van der Waals surface area contributed by atoms with Gasteiger partial charge in [0.1, 0.15) is 11.5 Å². The van der Waals surface area contributed by atoms with Crippen molar-refractivity contribution in [1.82, 2.24) is 0 Å². The summed E-state index contributed by atoms with van der Waals surface area (Å²) in [6, 6.07) is 11.1. The smallest absolute Gasteiger partial charge is 0.492 e. The molecule has 0 amide bonds. The maximum atomic E-state index is 10.9.